The van der Waals surface area contributed by atoms with Gasteiger partial charge < -0.3 is 15.3 Å². The fraction of sp³-hybridized carbons (Fsp3) is 0.900. The molecule has 4 aliphatic rings. The van der Waals surface area contributed by atoms with Gasteiger partial charge in [-0.1, -0.05) is 32.4 Å². The molecule has 0 bridgehead atoms. The summed E-state index contributed by atoms with van der Waals surface area (Å²) in [7, 11) is 0. The second kappa shape index (κ2) is 5.06. The van der Waals surface area contributed by atoms with Crippen molar-refractivity contribution in [3.8, 4) is 0 Å². The Morgan fingerprint density at radius 2 is 1.83 bits per heavy atom. The van der Waals surface area contributed by atoms with Crippen LogP contribution in [0.15, 0.2) is 11.6 Å². The van der Waals surface area contributed by atoms with Gasteiger partial charge in [0.25, 0.3) is 0 Å². The van der Waals surface area contributed by atoms with Crippen molar-refractivity contribution in [3.05, 3.63) is 11.6 Å². The van der Waals surface area contributed by atoms with Crippen molar-refractivity contribution in [2.75, 3.05) is 0 Å². The molecule has 0 radical (unpaired) electrons. The molecule has 0 aromatic rings. The summed E-state index contributed by atoms with van der Waals surface area (Å²) in [5.74, 6) is 1.65. The maximum absolute atomic E-state index is 11.0. The van der Waals surface area contributed by atoms with Crippen LogP contribution in [0.3, 0.4) is 0 Å². The van der Waals surface area contributed by atoms with E-state index in [4.69, 9.17) is 0 Å². The van der Waals surface area contributed by atoms with Gasteiger partial charge in [0.05, 0.1) is 18.3 Å². The van der Waals surface area contributed by atoms with Gasteiger partial charge >= 0.3 is 0 Å². The lowest BCUT2D eigenvalue weighted by atomic mass is 9.46. The molecular weight excluding hydrogens is 288 g/mol. The third kappa shape index (κ3) is 2.06. The van der Waals surface area contributed by atoms with Crippen LogP contribution in [0, 0.1) is 34.5 Å². The van der Waals surface area contributed by atoms with Gasteiger partial charge in [-0.15, -0.1) is 0 Å². The molecule has 3 fully saturated rings. The summed E-state index contributed by atoms with van der Waals surface area (Å²) in [5, 5.41) is 31.7. The van der Waals surface area contributed by atoms with E-state index < -0.39 is 6.10 Å². The lowest BCUT2D eigenvalue weighted by Gasteiger charge is -2.59. The number of aliphatic hydroxyl groups is 3. The van der Waals surface area contributed by atoms with Crippen molar-refractivity contribution < 1.29 is 15.3 Å². The van der Waals surface area contributed by atoms with Gasteiger partial charge in [0.2, 0.25) is 0 Å². The first-order valence-electron chi connectivity index (χ1n) is 9.53. The third-order valence-electron chi connectivity index (χ3n) is 8.37. The minimum atomic E-state index is -0.411. The lowest BCUT2D eigenvalue weighted by molar-refractivity contribution is -0.112. The molecule has 3 unspecified atom stereocenters. The Morgan fingerprint density at radius 1 is 1.09 bits per heavy atom. The van der Waals surface area contributed by atoms with Crippen molar-refractivity contribution in [2.24, 2.45) is 34.5 Å². The van der Waals surface area contributed by atoms with E-state index in [-0.39, 0.29) is 29.0 Å². The summed E-state index contributed by atoms with van der Waals surface area (Å²) < 4.78 is 0. The summed E-state index contributed by atoms with van der Waals surface area (Å²) >= 11 is 0. The predicted molar refractivity (Wildman–Crippen MR) is 89.7 cm³/mol. The molecule has 0 amide bonds. The maximum Gasteiger partial charge on any atom is 0.0757 e. The van der Waals surface area contributed by atoms with Crippen LogP contribution in [0.4, 0.5) is 0 Å². The summed E-state index contributed by atoms with van der Waals surface area (Å²) in [5.41, 5.74) is 1.40. The van der Waals surface area contributed by atoms with Crippen LogP contribution in [-0.2, 0) is 0 Å². The highest BCUT2D eigenvalue weighted by atomic mass is 16.3. The van der Waals surface area contributed by atoms with Crippen LogP contribution < -0.4 is 0 Å². The molecule has 23 heavy (non-hydrogen) atoms. The highest BCUT2D eigenvalue weighted by Gasteiger charge is 2.62. The standard InChI is InChI=1S/C20H32O3/c1-11-8-16(23)20(3)7-5-14-17(18(11)20)15(22)10-12-9-13(21)4-6-19(12,14)2/h10-11,13-18,21-23H,4-9H2,1-3H3/t11-,13+,14?,15+,16-,17?,18?,19-,20+/m0/s1. The molecule has 0 saturated heterocycles. The molecular formula is C20H32O3. The number of hydrogen-bond donors (Lipinski definition) is 3. The molecule has 3 nitrogen and oxygen atoms in total. The van der Waals surface area contributed by atoms with Gasteiger partial charge in [-0.2, -0.15) is 0 Å². The van der Waals surface area contributed by atoms with Crippen molar-refractivity contribution in [2.45, 2.75) is 77.6 Å². The van der Waals surface area contributed by atoms with Gasteiger partial charge in [0.1, 0.15) is 0 Å². The van der Waals surface area contributed by atoms with Crippen LogP contribution in [0.5, 0.6) is 0 Å². The minimum Gasteiger partial charge on any atom is -0.393 e. The molecule has 4 rings (SSSR count). The molecule has 4 aliphatic carbocycles. The minimum absolute atomic E-state index is 0.0303. The molecule has 9 atom stereocenters. The van der Waals surface area contributed by atoms with E-state index >= 15 is 0 Å². The fourth-order valence-electron chi connectivity index (χ4n) is 7.11. The van der Waals surface area contributed by atoms with Crippen molar-refractivity contribution in [1.29, 1.82) is 0 Å². The Balaban J connectivity index is 1.76. The van der Waals surface area contributed by atoms with Crippen molar-refractivity contribution in [1.82, 2.24) is 0 Å². The smallest absolute Gasteiger partial charge is 0.0757 e. The average Bonchev–Trinajstić information content (AvgIpc) is 2.71. The van der Waals surface area contributed by atoms with Gasteiger partial charge in [0.15, 0.2) is 0 Å². The van der Waals surface area contributed by atoms with Crippen LogP contribution in [0.1, 0.15) is 59.3 Å². The Bertz CT molecular complexity index is 529. The SMILES string of the molecule is C[C@H]1C[C@H](O)[C@@]2(C)CCC3C(C12)[C@H](O)C=C1C[C@H](O)CC[C@@]13C. The first-order valence-corrected chi connectivity index (χ1v) is 9.53. The van der Waals surface area contributed by atoms with Gasteiger partial charge in [-0.3, -0.25) is 0 Å². The van der Waals surface area contributed by atoms with E-state index in [0.717, 1.165) is 38.5 Å². The molecule has 3 heteroatoms. The van der Waals surface area contributed by atoms with Gasteiger partial charge in [-0.05, 0) is 73.0 Å². The zero-order valence-corrected chi connectivity index (χ0v) is 14.7. The molecule has 0 aliphatic heterocycles. The summed E-state index contributed by atoms with van der Waals surface area (Å²) in [6, 6.07) is 0. The van der Waals surface area contributed by atoms with Crippen molar-refractivity contribution >= 4 is 0 Å². The Kier molecular flexibility index (Phi) is 3.54. The van der Waals surface area contributed by atoms with E-state index in [1.54, 1.807) is 0 Å². The molecule has 3 N–H and O–H groups in total. The second-order valence-corrected chi connectivity index (χ2v) is 9.48. The van der Waals surface area contributed by atoms with E-state index in [9.17, 15) is 15.3 Å². The van der Waals surface area contributed by atoms with E-state index in [0.29, 0.717) is 17.8 Å². The molecule has 0 spiro atoms. The van der Waals surface area contributed by atoms with E-state index in [1.807, 2.05) is 0 Å². The zero-order chi connectivity index (χ0) is 16.6. The number of aliphatic hydroxyl groups excluding tert-OH is 3. The number of rotatable bonds is 0. The molecule has 0 aromatic heterocycles. The van der Waals surface area contributed by atoms with Crippen LogP contribution in [0.2, 0.25) is 0 Å². The molecule has 0 aromatic carbocycles. The van der Waals surface area contributed by atoms with Crippen LogP contribution in [-0.4, -0.2) is 33.6 Å². The van der Waals surface area contributed by atoms with Crippen LogP contribution in [0.25, 0.3) is 0 Å². The fourth-order valence-corrected chi connectivity index (χ4v) is 7.11. The Labute approximate surface area is 139 Å². The summed E-state index contributed by atoms with van der Waals surface area (Å²) in [6.45, 7) is 6.88. The largest absolute Gasteiger partial charge is 0.393 e. The Morgan fingerprint density at radius 3 is 2.57 bits per heavy atom. The second-order valence-electron chi connectivity index (χ2n) is 9.48. The first kappa shape index (κ1) is 16.1. The quantitative estimate of drug-likeness (QED) is 0.602. The average molecular weight is 320 g/mol. The van der Waals surface area contributed by atoms with Crippen LogP contribution >= 0.6 is 0 Å². The lowest BCUT2D eigenvalue weighted by Crippen LogP contribution is -2.56. The highest BCUT2D eigenvalue weighted by Crippen LogP contribution is 2.65. The van der Waals surface area contributed by atoms with Crippen molar-refractivity contribution in [3.63, 3.8) is 0 Å². The normalized spacial score (nSPS) is 58.9. The van der Waals surface area contributed by atoms with Gasteiger partial charge in [-0.25, -0.2) is 0 Å². The van der Waals surface area contributed by atoms with Gasteiger partial charge in [0, 0.05) is 0 Å². The van der Waals surface area contributed by atoms with E-state index in [1.165, 1.54) is 5.57 Å². The summed E-state index contributed by atoms with van der Waals surface area (Å²) in [6.07, 6.45) is 6.91. The summed E-state index contributed by atoms with van der Waals surface area (Å²) in [4.78, 5) is 0. The topological polar surface area (TPSA) is 60.7 Å². The first-order chi connectivity index (χ1) is 10.8. The number of hydrogen-bond acceptors (Lipinski definition) is 3. The zero-order valence-electron chi connectivity index (χ0n) is 14.7. The molecule has 3 saturated carbocycles. The maximum atomic E-state index is 11.0. The monoisotopic (exact) mass is 320 g/mol. The number of fused-ring (bicyclic) bond motifs is 5. The highest BCUT2D eigenvalue weighted by molar-refractivity contribution is 5.28. The Hall–Kier alpha value is -0.380. The molecule has 130 valence electrons. The molecule has 0 heterocycles. The third-order valence-corrected chi connectivity index (χ3v) is 8.37. The van der Waals surface area contributed by atoms with E-state index in [2.05, 4.69) is 26.8 Å². The predicted octanol–water partition coefficient (Wildman–Crippen LogP) is 2.89.